The predicted octanol–water partition coefficient (Wildman–Crippen LogP) is -1.40. The molecule has 2 aliphatic rings. The Kier molecular flexibility index (Phi) is 7.71. The van der Waals surface area contributed by atoms with Crippen molar-refractivity contribution in [3.8, 4) is 40.1 Å². The van der Waals surface area contributed by atoms with Crippen LogP contribution in [0.1, 0.15) is 6.92 Å². The van der Waals surface area contributed by atoms with E-state index in [2.05, 4.69) is 0 Å². The number of aliphatic hydroxyl groups is 6. The molecular formula is C26H28O15. The summed E-state index contributed by atoms with van der Waals surface area (Å²) in [7, 11) is 0. The molecular weight excluding hydrogens is 552 g/mol. The third kappa shape index (κ3) is 5.02. The first-order valence-corrected chi connectivity index (χ1v) is 12.4. The molecule has 15 heteroatoms. The molecule has 2 aliphatic heterocycles. The Morgan fingerprint density at radius 2 is 1.49 bits per heavy atom. The van der Waals surface area contributed by atoms with E-state index in [1.54, 1.807) is 0 Å². The first-order valence-electron chi connectivity index (χ1n) is 12.4. The van der Waals surface area contributed by atoms with Crippen LogP contribution in [0.2, 0.25) is 0 Å². The average molecular weight is 580 g/mol. The molecule has 3 heterocycles. The zero-order valence-corrected chi connectivity index (χ0v) is 21.3. The summed E-state index contributed by atoms with van der Waals surface area (Å²) >= 11 is 0. The van der Waals surface area contributed by atoms with Gasteiger partial charge < -0.3 is 69.3 Å². The third-order valence-corrected chi connectivity index (χ3v) is 6.98. The number of rotatable bonds is 6. The van der Waals surface area contributed by atoms with Gasteiger partial charge in [-0.1, -0.05) is 0 Å². The van der Waals surface area contributed by atoms with Crippen LogP contribution in [0.5, 0.6) is 28.7 Å². The van der Waals surface area contributed by atoms with E-state index in [1.165, 1.54) is 25.1 Å². The monoisotopic (exact) mass is 580 g/mol. The second-order valence-corrected chi connectivity index (χ2v) is 9.70. The van der Waals surface area contributed by atoms with Crippen LogP contribution in [0.15, 0.2) is 39.5 Å². The Bertz CT molecular complexity index is 1490. The maximum atomic E-state index is 13.8. The number of aliphatic hydroxyl groups excluding tert-OH is 6. The van der Waals surface area contributed by atoms with Crippen molar-refractivity contribution in [2.24, 2.45) is 0 Å². The highest BCUT2D eigenvalue weighted by molar-refractivity contribution is 5.89. The number of hydrogen-bond donors (Lipinski definition) is 9. The van der Waals surface area contributed by atoms with Gasteiger partial charge in [0.1, 0.15) is 47.6 Å². The van der Waals surface area contributed by atoms with Crippen molar-refractivity contribution in [1.29, 1.82) is 0 Å². The predicted molar refractivity (Wildman–Crippen MR) is 134 cm³/mol. The highest BCUT2D eigenvalue weighted by Gasteiger charge is 2.45. The van der Waals surface area contributed by atoms with Crippen molar-refractivity contribution in [2.75, 3.05) is 6.61 Å². The lowest BCUT2D eigenvalue weighted by molar-refractivity contribution is -0.268. The molecule has 0 bridgehead atoms. The SMILES string of the molecule is C[C@@H]1O[C@@H](Oc2ccc3oc(-c4ccc(O)c(O)c4)c(O[C@@H]4O[C@@H](CO)[C@H](O)[C@H]4O)c(=O)c3c2O)[C@H](O)[C@H](O)[C@H]1O. The van der Waals surface area contributed by atoms with Crippen LogP contribution in [0.4, 0.5) is 0 Å². The quantitative estimate of drug-likeness (QED) is 0.152. The van der Waals surface area contributed by atoms with Crippen LogP contribution in [-0.4, -0.2) is 108 Å². The number of ether oxygens (including phenoxy) is 4. The zero-order chi connectivity index (χ0) is 29.7. The Labute approximate surface area is 230 Å². The summed E-state index contributed by atoms with van der Waals surface area (Å²) in [5.41, 5.74) is -1.20. The lowest BCUT2D eigenvalue weighted by atomic mass is 10.00. The molecule has 2 saturated heterocycles. The van der Waals surface area contributed by atoms with Crippen LogP contribution in [0.25, 0.3) is 22.3 Å². The number of benzene rings is 2. The molecule has 9 N–H and O–H groups in total. The molecule has 9 atom stereocenters. The van der Waals surface area contributed by atoms with Gasteiger partial charge in [-0.25, -0.2) is 0 Å². The summed E-state index contributed by atoms with van der Waals surface area (Å²) in [4.78, 5) is 13.8. The lowest BCUT2D eigenvalue weighted by Gasteiger charge is -2.38. The molecule has 0 radical (unpaired) electrons. The number of fused-ring (bicyclic) bond motifs is 1. The van der Waals surface area contributed by atoms with Gasteiger partial charge in [-0.2, -0.15) is 0 Å². The van der Waals surface area contributed by atoms with Gasteiger partial charge in [0.25, 0.3) is 0 Å². The molecule has 0 saturated carbocycles. The van der Waals surface area contributed by atoms with Crippen molar-refractivity contribution in [1.82, 2.24) is 0 Å². The second-order valence-electron chi connectivity index (χ2n) is 9.70. The molecule has 3 aromatic rings. The fourth-order valence-electron chi connectivity index (χ4n) is 4.60. The Morgan fingerprint density at radius 3 is 2.15 bits per heavy atom. The fraction of sp³-hybridized carbons (Fsp3) is 0.423. The van der Waals surface area contributed by atoms with Crippen molar-refractivity contribution >= 4 is 11.0 Å². The van der Waals surface area contributed by atoms with Gasteiger partial charge in [0, 0.05) is 5.56 Å². The van der Waals surface area contributed by atoms with Crippen LogP contribution in [0, 0.1) is 0 Å². The van der Waals surface area contributed by atoms with E-state index in [-0.39, 0.29) is 22.7 Å². The number of phenols is 3. The van der Waals surface area contributed by atoms with E-state index in [1.807, 2.05) is 0 Å². The maximum absolute atomic E-state index is 13.8. The van der Waals surface area contributed by atoms with Gasteiger partial charge in [-0.3, -0.25) is 4.79 Å². The van der Waals surface area contributed by atoms with Crippen molar-refractivity contribution in [2.45, 2.75) is 62.2 Å². The molecule has 15 nitrogen and oxygen atoms in total. The second kappa shape index (κ2) is 11.0. The third-order valence-electron chi connectivity index (χ3n) is 6.98. The van der Waals surface area contributed by atoms with Crippen LogP contribution in [0.3, 0.4) is 0 Å². The van der Waals surface area contributed by atoms with Gasteiger partial charge in [-0.05, 0) is 37.3 Å². The highest BCUT2D eigenvalue weighted by atomic mass is 16.7. The topological polar surface area (TPSA) is 249 Å². The first kappa shape index (κ1) is 28.8. The van der Waals surface area contributed by atoms with E-state index < -0.39 is 95.7 Å². The van der Waals surface area contributed by atoms with E-state index in [9.17, 15) is 50.8 Å². The molecule has 5 rings (SSSR count). The molecule has 0 amide bonds. The number of aromatic hydroxyl groups is 3. The molecule has 2 fully saturated rings. The van der Waals surface area contributed by atoms with E-state index in [4.69, 9.17) is 23.4 Å². The van der Waals surface area contributed by atoms with Crippen LogP contribution < -0.4 is 14.9 Å². The number of phenolic OH excluding ortho intramolecular Hbond substituents is 3. The minimum Gasteiger partial charge on any atom is -0.504 e. The smallest absolute Gasteiger partial charge is 0.239 e. The molecule has 1 aromatic heterocycles. The summed E-state index contributed by atoms with van der Waals surface area (Å²) in [6.07, 6.45) is -13.4. The van der Waals surface area contributed by atoms with Crippen molar-refractivity contribution in [3.63, 3.8) is 0 Å². The number of hydrogen-bond acceptors (Lipinski definition) is 15. The lowest BCUT2D eigenvalue weighted by Crippen LogP contribution is -2.58. The Hall–Kier alpha value is -3.67. The van der Waals surface area contributed by atoms with Crippen molar-refractivity contribution in [3.05, 3.63) is 40.6 Å². The van der Waals surface area contributed by atoms with E-state index in [0.29, 0.717) is 0 Å². The van der Waals surface area contributed by atoms with Gasteiger partial charge in [-0.15, -0.1) is 0 Å². The molecule has 0 unspecified atom stereocenters. The largest absolute Gasteiger partial charge is 0.504 e. The van der Waals surface area contributed by atoms with Gasteiger partial charge >= 0.3 is 0 Å². The van der Waals surface area contributed by atoms with Crippen LogP contribution >= 0.6 is 0 Å². The molecule has 0 spiro atoms. The Balaban J connectivity index is 1.61. The standard InChI is InChI=1S/C26H28O15/c1-8-16(30)20(34)22(36)25(37-8)39-13-5-4-12-15(17(13)31)19(33)24(41-26-21(35)18(32)14(7-27)40-26)23(38-12)9-2-3-10(28)11(29)6-9/h2-6,8,14,16,18,20-22,25-32,34-36H,7H2,1H3/t8-,14-,16-,18-,20+,21+,22+,25-,26-/m0/s1. The van der Waals surface area contributed by atoms with Gasteiger partial charge in [0.15, 0.2) is 28.8 Å². The van der Waals surface area contributed by atoms with E-state index in [0.717, 1.165) is 12.1 Å². The minimum atomic E-state index is -1.72. The maximum Gasteiger partial charge on any atom is 0.239 e. The average Bonchev–Trinajstić information content (AvgIpc) is 3.22. The zero-order valence-electron chi connectivity index (χ0n) is 21.3. The molecule has 0 aliphatic carbocycles. The summed E-state index contributed by atoms with van der Waals surface area (Å²) in [6.45, 7) is 0.749. The first-order chi connectivity index (χ1) is 19.4. The van der Waals surface area contributed by atoms with Gasteiger partial charge in [0.2, 0.25) is 23.8 Å². The molecule has 222 valence electrons. The summed E-state index contributed by atoms with van der Waals surface area (Å²) < 4.78 is 27.7. The highest BCUT2D eigenvalue weighted by Crippen LogP contribution is 2.41. The Morgan fingerprint density at radius 1 is 0.805 bits per heavy atom. The summed E-state index contributed by atoms with van der Waals surface area (Å²) in [5.74, 6) is -3.17. The summed E-state index contributed by atoms with van der Waals surface area (Å²) in [5, 5.41) is 90.4. The fourth-order valence-corrected chi connectivity index (χ4v) is 4.60. The molecule has 2 aromatic carbocycles. The van der Waals surface area contributed by atoms with E-state index >= 15 is 0 Å². The van der Waals surface area contributed by atoms with Gasteiger partial charge in [0.05, 0.1) is 12.7 Å². The van der Waals surface area contributed by atoms with Crippen LogP contribution in [-0.2, 0) is 9.47 Å². The normalized spacial score (nSPS) is 31.8. The minimum absolute atomic E-state index is 0.0288. The summed E-state index contributed by atoms with van der Waals surface area (Å²) in [6, 6.07) is 5.87. The molecule has 41 heavy (non-hydrogen) atoms. The van der Waals surface area contributed by atoms with Crippen molar-refractivity contribution < 1.29 is 69.3 Å².